The molecule has 0 bridgehead atoms. The quantitative estimate of drug-likeness (QED) is 0.0860. The van der Waals surface area contributed by atoms with Gasteiger partial charge in [0.1, 0.15) is 45.2 Å². The van der Waals surface area contributed by atoms with Crippen LogP contribution in [-0.2, 0) is 64.9 Å². The van der Waals surface area contributed by atoms with E-state index in [0.717, 1.165) is 76.3 Å². The van der Waals surface area contributed by atoms with Crippen LogP contribution in [0.4, 0.5) is 4.39 Å². The fourth-order valence-corrected chi connectivity index (χ4v) is 24.8. The van der Waals surface area contributed by atoms with E-state index in [0.29, 0.717) is 180 Å². The third kappa shape index (κ3) is 23.1. The Hall–Kier alpha value is -10.4. The summed E-state index contributed by atoms with van der Waals surface area (Å²) in [7, 11) is -18.6. The predicted octanol–water partition coefficient (Wildman–Crippen LogP) is 12.7. The molecule has 6 saturated heterocycles. The van der Waals surface area contributed by atoms with E-state index in [4.69, 9.17) is 57.1 Å². The first-order valence-electron chi connectivity index (χ1n) is 43.0. The van der Waals surface area contributed by atoms with E-state index in [1.165, 1.54) is 89.6 Å². The minimum atomic E-state index is -3.92. The lowest BCUT2D eigenvalue weighted by Gasteiger charge is -2.29. The number of rotatable bonds is 15. The zero-order valence-corrected chi connectivity index (χ0v) is 79.8. The van der Waals surface area contributed by atoms with Gasteiger partial charge in [-0.25, -0.2) is 83.7 Å². The van der Waals surface area contributed by atoms with Gasteiger partial charge in [0, 0.05) is 122 Å². The van der Waals surface area contributed by atoms with Crippen LogP contribution in [0.25, 0.3) is 65.8 Å². The van der Waals surface area contributed by atoms with Gasteiger partial charge < -0.3 is 45.5 Å². The Labute approximate surface area is 771 Å². The number of fused-ring (bicyclic) bond motifs is 6. The van der Waals surface area contributed by atoms with Crippen molar-refractivity contribution in [3.05, 3.63) is 225 Å². The van der Waals surface area contributed by atoms with Gasteiger partial charge in [-0.05, 0) is 209 Å². The molecule has 34 nitrogen and oxygen atoms in total. The molecule has 0 aliphatic carbocycles. The molecule has 0 amide bonds. The minimum Gasteiger partial charge on any atom is -0.497 e. The largest absolute Gasteiger partial charge is 0.497 e. The summed E-state index contributed by atoms with van der Waals surface area (Å²) in [4.78, 5) is 70.5. The smallest absolute Gasteiger partial charge is 0.356 e. The number of hydrogen-bond donors (Lipinski definition) is 0. The van der Waals surface area contributed by atoms with Gasteiger partial charge in [-0.3, -0.25) is 0 Å². The van der Waals surface area contributed by atoms with Crippen molar-refractivity contribution < 1.29 is 100 Å². The summed E-state index contributed by atoms with van der Waals surface area (Å²) in [6.07, 6.45) is 7.94. The summed E-state index contributed by atoms with van der Waals surface area (Å²) in [5.74, 6) is 3.46. The van der Waals surface area contributed by atoms with Crippen LogP contribution in [0.5, 0.6) is 17.2 Å². The SMILES string of the molecule is CC1CCN(S(=O)(=O)c2cc3cc(Cl)ccc3oc2=O)CC1.CC1CCN(S(=O)(=O)c2cc3cc(F)ccc3oc2=O)CC1.CC1CCN(S(=O)(=O)c2cc3ccccc3oc2=O)CC1.COc1ccc2cc(S(=O)(=O)N3CCC(C)CC3)c(=O)oc2c1.COc1ccc2oc(=O)c(S(=O)(=O)N3CCC(C)CC3)cc2c1.COc1cccc2cc(S(=O)(=O)N3CCOCC3)c(=O)oc12. The highest BCUT2D eigenvalue weighted by molar-refractivity contribution is 7.90. The van der Waals surface area contributed by atoms with Crippen LogP contribution >= 0.6 is 11.6 Å². The zero-order chi connectivity index (χ0) is 95.8. The van der Waals surface area contributed by atoms with Gasteiger partial charge in [-0.2, -0.15) is 25.8 Å². The van der Waals surface area contributed by atoms with Gasteiger partial charge in [-0.1, -0.05) is 76.6 Å². The number of methoxy groups -OCH3 is 3. The summed E-state index contributed by atoms with van der Waals surface area (Å²) in [5, 5.41) is 3.38. The number of sulfonamides is 6. The molecule has 6 fully saturated rings. The Kier molecular flexibility index (Phi) is 31.8. The Morgan fingerprint density at radius 2 is 0.586 bits per heavy atom. The third-order valence-electron chi connectivity index (χ3n) is 24.1. The van der Waals surface area contributed by atoms with Gasteiger partial charge >= 0.3 is 33.8 Å². The summed E-state index contributed by atoms with van der Waals surface area (Å²) in [6, 6.07) is 38.1. The number of hydrogen-bond acceptors (Lipinski definition) is 28. The second kappa shape index (κ2) is 42.3. The molecule has 6 aliphatic heterocycles. The molecule has 6 aromatic heterocycles. The molecule has 0 radical (unpaired) electrons. The first kappa shape index (κ1) is 100. The number of para-hydroxylation sites is 2. The van der Waals surface area contributed by atoms with Crippen molar-refractivity contribution >= 4 is 138 Å². The van der Waals surface area contributed by atoms with Gasteiger partial charge in [-0.15, -0.1) is 0 Å². The van der Waals surface area contributed by atoms with Crippen LogP contribution in [0.1, 0.15) is 98.8 Å². The normalized spacial score (nSPS) is 17.6. The van der Waals surface area contributed by atoms with Crippen molar-refractivity contribution in [2.24, 2.45) is 29.6 Å². The highest BCUT2D eigenvalue weighted by atomic mass is 35.5. The molecule has 18 rings (SSSR count). The predicted molar refractivity (Wildman–Crippen MR) is 495 cm³/mol. The summed E-state index contributed by atoms with van der Waals surface area (Å²) < 4.78 is 224. The van der Waals surface area contributed by atoms with E-state index in [9.17, 15) is 83.7 Å². The number of nitrogens with zero attached hydrogens (tertiary/aromatic N) is 6. The molecule has 12 heterocycles. The number of morpholine rings is 1. The monoisotopic (exact) mass is 1970 g/mol. The number of ether oxygens (including phenoxy) is 4. The fraction of sp³-hybridized carbons (Fsp3) is 0.407. The van der Waals surface area contributed by atoms with Crippen LogP contribution in [-0.4, -0.2) is 189 Å². The van der Waals surface area contributed by atoms with Gasteiger partial charge in [0.05, 0.1) is 34.5 Å². The van der Waals surface area contributed by atoms with Crippen LogP contribution < -0.4 is 48.0 Å². The highest BCUT2D eigenvalue weighted by Gasteiger charge is 2.38. The lowest BCUT2D eigenvalue weighted by molar-refractivity contribution is 0.0729. The van der Waals surface area contributed by atoms with Crippen LogP contribution in [0.2, 0.25) is 5.02 Å². The summed E-state index contributed by atoms with van der Waals surface area (Å²) in [5.41, 5.74) is -3.38. The lowest BCUT2D eigenvalue weighted by atomic mass is 10.0. The first-order chi connectivity index (χ1) is 63.1. The van der Waals surface area contributed by atoms with Crippen molar-refractivity contribution in [3.8, 4) is 17.2 Å². The number of piperidine rings is 5. The average molecular weight is 1970 g/mol. The second-order valence-electron chi connectivity index (χ2n) is 33.4. The molecule has 714 valence electrons. The molecule has 0 spiro atoms. The topological polar surface area (TPSA) is 442 Å². The van der Waals surface area contributed by atoms with Crippen LogP contribution in [0, 0.1) is 35.4 Å². The lowest BCUT2D eigenvalue weighted by Crippen LogP contribution is -2.42. The van der Waals surface area contributed by atoms with E-state index in [1.807, 2.05) is 0 Å². The molecule has 133 heavy (non-hydrogen) atoms. The Morgan fingerprint density at radius 1 is 0.293 bits per heavy atom. The third-order valence-corrected chi connectivity index (χ3v) is 35.6. The molecular formula is C91H102ClFN6O28S6. The number of halogens is 2. The van der Waals surface area contributed by atoms with E-state index in [2.05, 4.69) is 34.6 Å². The Balaban J connectivity index is 0.000000136. The second-order valence-corrected chi connectivity index (χ2v) is 45.3. The molecule has 0 unspecified atom stereocenters. The summed E-state index contributed by atoms with van der Waals surface area (Å²) in [6.45, 7) is 15.8. The molecule has 0 N–H and O–H groups in total. The van der Waals surface area contributed by atoms with Gasteiger partial charge in [0.25, 0.3) is 10.0 Å². The van der Waals surface area contributed by atoms with Crippen molar-refractivity contribution in [2.45, 2.75) is 128 Å². The van der Waals surface area contributed by atoms with Crippen molar-refractivity contribution in [1.29, 1.82) is 0 Å². The Bertz CT molecular complexity index is 7290. The van der Waals surface area contributed by atoms with Gasteiger partial charge in [0.15, 0.2) is 40.7 Å². The Morgan fingerprint density at radius 3 is 0.977 bits per heavy atom. The molecule has 0 saturated carbocycles. The van der Waals surface area contributed by atoms with Crippen LogP contribution in [0.15, 0.2) is 236 Å². The average Bonchev–Trinajstić information content (AvgIpc) is 0.813. The van der Waals surface area contributed by atoms with E-state index in [1.54, 1.807) is 97.1 Å². The fourth-order valence-electron chi connectivity index (χ4n) is 15.7. The first-order valence-corrected chi connectivity index (χ1v) is 52.1. The molecule has 42 heteroatoms. The highest BCUT2D eigenvalue weighted by Crippen LogP contribution is 2.34. The van der Waals surface area contributed by atoms with E-state index in [-0.39, 0.29) is 54.1 Å². The van der Waals surface area contributed by atoms with Crippen LogP contribution in [0.3, 0.4) is 0 Å². The maximum atomic E-state index is 13.3. The summed E-state index contributed by atoms with van der Waals surface area (Å²) >= 11 is 5.91. The molecule has 12 aromatic rings. The zero-order valence-electron chi connectivity index (χ0n) is 74.1. The number of benzene rings is 6. The van der Waals surface area contributed by atoms with Crippen molar-refractivity contribution in [1.82, 2.24) is 25.8 Å². The molecule has 6 aliphatic rings. The van der Waals surface area contributed by atoms with E-state index < -0.39 is 105 Å². The molecule has 0 atom stereocenters. The van der Waals surface area contributed by atoms with Crippen molar-refractivity contribution in [2.75, 3.05) is 113 Å². The van der Waals surface area contributed by atoms with E-state index >= 15 is 0 Å². The minimum absolute atomic E-state index is 0.164. The maximum Gasteiger partial charge on any atom is 0.356 e. The molecule has 6 aromatic carbocycles. The molecular weight excluding hydrogens is 1870 g/mol. The standard InChI is InChI=1S/2C16H19NO5S.C15H16ClNO4S.C15H16FNO4S.C15H17NO4S.C14H15NO6S/c1-11-5-7-17(8-6-11)23(19,20)15-10-12-9-13(21-2)3-4-14(12)22-16(15)18;1-11-5-7-17(8-6-11)23(19,20)15-9-12-3-4-13(21-2)10-14(12)22-16(15)18;2*1-10-4-6-17(7-5-10)22(19,20)14-9-11-8-12(16)2-3-13(11)21-15(14)18;1-11-6-8-16(9-7-11)21(18,19)14-10-12-4-2-3-5-13(12)20-15(14)17;1-19-11-4-2-3-10-9-12(14(16)21-13(10)11)22(17,18)15-5-7-20-8-6-15/h2*3-4,9-11H,5-8H2,1-2H3;2*2-3,8-10H,4-7H2,1H3;2-5,10-11H,6-9H2,1H3;2-4,9H,5-8H2,1H3. The maximum absolute atomic E-state index is 13.3. The van der Waals surface area contributed by atoms with Crippen molar-refractivity contribution in [3.63, 3.8) is 0 Å². The van der Waals surface area contributed by atoms with Gasteiger partial charge in [0.2, 0.25) is 50.1 Å².